The molecule has 1 fully saturated rings. The maximum Gasteiger partial charge on any atom is 0.108 e. The molecule has 5 nitrogen and oxygen atoms in total. The van der Waals surface area contributed by atoms with E-state index in [1.165, 1.54) is 0 Å². The predicted molar refractivity (Wildman–Crippen MR) is 84.2 cm³/mol. The van der Waals surface area contributed by atoms with Gasteiger partial charge in [0, 0.05) is 32.8 Å². The minimum absolute atomic E-state index is 0.339. The standard InChI is InChI=1S/C16H31N3O2/c1-5-18-16(13-17)8-6-7-15(11-16)19(9-10-20-3)14(2)12-21-4/h14-15,18H,5-12H2,1-4H3. The lowest BCUT2D eigenvalue weighted by Gasteiger charge is -2.43. The summed E-state index contributed by atoms with van der Waals surface area (Å²) >= 11 is 0. The van der Waals surface area contributed by atoms with Gasteiger partial charge in [-0.1, -0.05) is 6.92 Å². The Hall–Kier alpha value is -0.670. The van der Waals surface area contributed by atoms with Gasteiger partial charge in [-0.2, -0.15) is 5.26 Å². The van der Waals surface area contributed by atoms with Crippen molar-refractivity contribution in [3.05, 3.63) is 0 Å². The lowest BCUT2D eigenvalue weighted by molar-refractivity contribution is 0.0248. The van der Waals surface area contributed by atoms with Gasteiger partial charge in [0.25, 0.3) is 0 Å². The van der Waals surface area contributed by atoms with E-state index in [-0.39, 0.29) is 5.54 Å². The molecule has 0 aromatic heterocycles. The van der Waals surface area contributed by atoms with Crippen molar-refractivity contribution < 1.29 is 9.47 Å². The lowest BCUT2D eigenvalue weighted by atomic mass is 9.79. The van der Waals surface area contributed by atoms with E-state index in [9.17, 15) is 5.26 Å². The van der Waals surface area contributed by atoms with Gasteiger partial charge in [0.2, 0.25) is 0 Å². The maximum atomic E-state index is 9.61. The summed E-state index contributed by atoms with van der Waals surface area (Å²) in [6.45, 7) is 7.41. The highest BCUT2D eigenvalue weighted by atomic mass is 16.5. The first-order valence-electron chi connectivity index (χ1n) is 8.02. The highest BCUT2D eigenvalue weighted by molar-refractivity contribution is 5.11. The van der Waals surface area contributed by atoms with Crippen LogP contribution >= 0.6 is 0 Å². The second kappa shape index (κ2) is 9.37. The van der Waals surface area contributed by atoms with Crippen LogP contribution in [0.2, 0.25) is 0 Å². The molecule has 0 amide bonds. The maximum absolute atomic E-state index is 9.61. The molecule has 1 N–H and O–H groups in total. The average Bonchev–Trinajstić information content (AvgIpc) is 2.48. The van der Waals surface area contributed by atoms with Crippen LogP contribution in [0, 0.1) is 11.3 Å². The van der Waals surface area contributed by atoms with Crippen LogP contribution in [0.3, 0.4) is 0 Å². The Labute approximate surface area is 129 Å². The summed E-state index contributed by atoms with van der Waals surface area (Å²) in [4.78, 5) is 2.45. The van der Waals surface area contributed by atoms with E-state index in [0.717, 1.165) is 38.8 Å². The average molecular weight is 297 g/mol. The third-order valence-electron chi connectivity index (χ3n) is 4.45. The second-order valence-electron chi connectivity index (χ2n) is 6.01. The van der Waals surface area contributed by atoms with Crippen molar-refractivity contribution in [3.8, 4) is 6.07 Å². The van der Waals surface area contributed by atoms with Crippen molar-refractivity contribution >= 4 is 0 Å². The Kier molecular flexibility index (Phi) is 8.20. The Bertz CT molecular complexity index is 328. The van der Waals surface area contributed by atoms with Crippen molar-refractivity contribution in [2.24, 2.45) is 0 Å². The summed E-state index contributed by atoms with van der Waals surface area (Å²) < 4.78 is 10.6. The summed E-state index contributed by atoms with van der Waals surface area (Å²) in [7, 11) is 3.47. The van der Waals surface area contributed by atoms with Crippen molar-refractivity contribution in [2.75, 3.05) is 40.5 Å². The number of hydrogen-bond donors (Lipinski definition) is 1. The second-order valence-corrected chi connectivity index (χ2v) is 6.01. The fourth-order valence-electron chi connectivity index (χ4n) is 3.47. The topological polar surface area (TPSA) is 57.5 Å². The molecule has 21 heavy (non-hydrogen) atoms. The van der Waals surface area contributed by atoms with E-state index >= 15 is 0 Å². The van der Waals surface area contributed by atoms with E-state index < -0.39 is 0 Å². The van der Waals surface area contributed by atoms with Gasteiger partial charge in [0.1, 0.15) is 5.54 Å². The molecular formula is C16H31N3O2. The molecule has 3 unspecified atom stereocenters. The molecule has 0 radical (unpaired) electrons. The monoisotopic (exact) mass is 297 g/mol. The van der Waals surface area contributed by atoms with Gasteiger partial charge in [-0.05, 0) is 39.2 Å². The zero-order chi connectivity index (χ0) is 15.7. The SMILES string of the molecule is CCNC1(C#N)CCCC(N(CCOC)C(C)COC)C1. The molecule has 1 aliphatic rings. The molecule has 3 atom stereocenters. The van der Waals surface area contributed by atoms with Crippen LogP contribution in [0.25, 0.3) is 0 Å². The Morgan fingerprint density at radius 1 is 1.43 bits per heavy atom. The Morgan fingerprint density at radius 3 is 2.76 bits per heavy atom. The number of methoxy groups -OCH3 is 2. The molecule has 0 bridgehead atoms. The van der Waals surface area contributed by atoms with Crippen molar-refractivity contribution in [1.82, 2.24) is 10.2 Å². The van der Waals surface area contributed by atoms with Crippen LogP contribution < -0.4 is 5.32 Å². The Balaban J connectivity index is 2.78. The molecule has 0 saturated heterocycles. The third kappa shape index (κ3) is 5.23. The van der Waals surface area contributed by atoms with Gasteiger partial charge < -0.3 is 9.47 Å². The number of nitrogens with zero attached hydrogens (tertiary/aromatic N) is 2. The number of nitrogens with one attached hydrogen (secondary N) is 1. The molecule has 1 saturated carbocycles. The largest absolute Gasteiger partial charge is 0.383 e. The molecule has 0 aromatic carbocycles. The smallest absolute Gasteiger partial charge is 0.108 e. The number of hydrogen-bond acceptors (Lipinski definition) is 5. The molecule has 1 aliphatic carbocycles. The normalized spacial score (nSPS) is 27.5. The van der Waals surface area contributed by atoms with E-state index in [1.807, 2.05) is 0 Å². The first kappa shape index (κ1) is 18.4. The fourth-order valence-corrected chi connectivity index (χ4v) is 3.47. The van der Waals surface area contributed by atoms with Crippen molar-refractivity contribution in [3.63, 3.8) is 0 Å². The number of ether oxygens (including phenoxy) is 2. The lowest BCUT2D eigenvalue weighted by Crippen LogP contribution is -2.55. The zero-order valence-corrected chi connectivity index (χ0v) is 14.0. The summed E-state index contributed by atoms with van der Waals surface area (Å²) in [6.07, 6.45) is 4.07. The minimum atomic E-state index is -0.365. The van der Waals surface area contributed by atoms with Crippen LogP contribution in [0.4, 0.5) is 0 Å². The van der Waals surface area contributed by atoms with Gasteiger partial charge in [-0.15, -0.1) is 0 Å². The van der Waals surface area contributed by atoms with E-state index in [4.69, 9.17) is 9.47 Å². The highest BCUT2D eigenvalue weighted by Gasteiger charge is 2.38. The van der Waals surface area contributed by atoms with Gasteiger partial charge in [-0.25, -0.2) is 0 Å². The van der Waals surface area contributed by atoms with Gasteiger partial charge in [0.05, 0.1) is 19.3 Å². The highest BCUT2D eigenvalue weighted by Crippen LogP contribution is 2.31. The minimum Gasteiger partial charge on any atom is -0.383 e. The summed E-state index contributed by atoms with van der Waals surface area (Å²) in [5, 5.41) is 13.0. The van der Waals surface area contributed by atoms with Crippen LogP contribution in [-0.2, 0) is 9.47 Å². The molecule has 5 heteroatoms. The summed E-state index contributed by atoms with van der Waals surface area (Å²) in [6, 6.07) is 3.28. The van der Waals surface area contributed by atoms with Crippen LogP contribution in [0.15, 0.2) is 0 Å². The van der Waals surface area contributed by atoms with Gasteiger partial charge in [0.15, 0.2) is 0 Å². The van der Waals surface area contributed by atoms with Gasteiger partial charge in [-0.3, -0.25) is 10.2 Å². The molecule has 1 rings (SSSR count). The molecule has 0 heterocycles. The number of rotatable bonds is 9. The van der Waals surface area contributed by atoms with Crippen LogP contribution in [0.5, 0.6) is 0 Å². The van der Waals surface area contributed by atoms with Gasteiger partial charge >= 0.3 is 0 Å². The molecule has 0 spiro atoms. The summed E-state index contributed by atoms with van der Waals surface area (Å²) in [5.74, 6) is 0. The Morgan fingerprint density at radius 2 is 2.19 bits per heavy atom. The van der Waals surface area contributed by atoms with Crippen molar-refractivity contribution in [2.45, 2.75) is 57.2 Å². The van der Waals surface area contributed by atoms with E-state index in [2.05, 4.69) is 30.1 Å². The zero-order valence-electron chi connectivity index (χ0n) is 14.0. The van der Waals surface area contributed by atoms with E-state index in [0.29, 0.717) is 25.3 Å². The quantitative estimate of drug-likeness (QED) is 0.703. The van der Waals surface area contributed by atoms with Crippen LogP contribution in [0.1, 0.15) is 39.5 Å². The molecule has 122 valence electrons. The number of nitriles is 1. The fraction of sp³-hybridized carbons (Fsp3) is 0.938. The molecule has 0 aliphatic heterocycles. The third-order valence-corrected chi connectivity index (χ3v) is 4.45. The summed E-state index contributed by atoms with van der Waals surface area (Å²) in [5.41, 5.74) is -0.365. The van der Waals surface area contributed by atoms with Crippen molar-refractivity contribution in [1.29, 1.82) is 5.26 Å². The molecule has 0 aromatic rings. The van der Waals surface area contributed by atoms with E-state index in [1.54, 1.807) is 14.2 Å². The predicted octanol–water partition coefficient (Wildman–Crippen LogP) is 1.78. The first-order valence-corrected chi connectivity index (χ1v) is 8.02. The molecular weight excluding hydrogens is 266 g/mol. The van der Waals surface area contributed by atoms with Crippen LogP contribution in [-0.4, -0.2) is 63.0 Å². The first-order chi connectivity index (χ1) is 10.1.